The van der Waals surface area contributed by atoms with Crippen LogP contribution in [0, 0.1) is 10.1 Å². The van der Waals surface area contributed by atoms with Gasteiger partial charge in [-0.2, -0.15) is 0 Å². The minimum atomic E-state index is -0.630. The van der Waals surface area contributed by atoms with Gasteiger partial charge in [0.05, 0.1) is 24.6 Å². The van der Waals surface area contributed by atoms with E-state index < -0.39 is 15.8 Å². The average Bonchev–Trinajstić information content (AvgIpc) is 3.12. The van der Waals surface area contributed by atoms with E-state index in [1.807, 2.05) is 0 Å². The molecule has 2 N–H and O–H groups in total. The van der Waals surface area contributed by atoms with Crippen molar-refractivity contribution in [3.63, 3.8) is 0 Å². The van der Waals surface area contributed by atoms with Crippen molar-refractivity contribution >= 4 is 16.7 Å². The number of piperazine rings is 1. The zero-order valence-electron chi connectivity index (χ0n) is 12.7. The van der Waals surface area contributed by atoms with E-state index in [-0.39, 0.29) is 12.4 Å². The molecule has 11 heteroatoms. The average molecular weight is 340 g/mol. The fraction of sp³-hybridized carbons (Fsp3) is 0.583. The van der Waals surface area contributed by atoms with E-state index in [9.17, 15) is 15.2 Å². The lowest BCUT2D eigenvalue weighted by Crippen LogP contribution is -2.43. The van der Waals surface area contributed by atoms with Crippen LogP contribution in [0.2, 0.25) is 0 Å². The van der Waals surface area contributed by atoms with Gasteiger partial charge in [-0.15, -0.1) is 0 Å². The van der Waals surface area contributed by atoms with Crippen LogP contribution >= 0.6 is 10.9 Å². The molecule has 3 heterocycles. The van der Waals surface area contributed by atoms with E-state index in [1.54, 1.807) is 7.05 Å². The highest BCUT2D eigenvalue weighted by atomic mass is 32.2. The quantitative estimate of drug-likeness (QED) is 0.429. The number of imidazole rings is 1. The molecule has 0 radical (unpaired) electrons. The summed E-state index contributed by atoms with van der Waals surface area (Å²) in [6, 6.07) is 0. The Hall–Kier alpha value is -1.95. The monoisotopic (exact) mass is 340 g/mol. The zero-order chi connectivity index (χ0) is 16.4. The topological polar surface area (TPSA) is 122 Å². The van der Waals surface area contributed by atoms with Crippen molar-refractivity contribution < 1.29 is 10.0 Å². The van der Waals surface area contributed by atoms with Crippen molar-refractivity contribution in [3.8, 4) is 10.7 Å². The van der Waals surface area contributed by atoms with E-state index in [2.05, 4.69) is 24.2 Å². The van der Waals surface area contributed by atoms with Gasteiger partial charge >= 0.3 is 10.7 Å². The SMILES string of the molecule is Cn1c([N+](=O)[O-])cnc1-c1c(CCO)nn[s+]1N1CCNCC1. The molecular formula is C12H18N7O3S+. The Morgan fingerprint density at radius 3 is 2.83 bits per heavy atom. The predicted molar refractivity (Wildman–Crippen MR) is 85.0 cm³/mol. The molecule has 0 bridgehead atoms. The first-order valence-corrected chi connectivity index (χ1v) is 8.39. The number of nitrogens with one attached hydrogen (secondary N) is 1. The Bertz CT molecular complexity index is 708. The maximum atomic E-state index is 11.1. The number of aliphatic hydroxyl groups is 1. The van der Waals surface area contributed by atoms with Crippen LogP contribution in [0.4, 0.5) is 5.82 Å². The van der Waals surface area contributed by atoms with Crippen molar-refractivity contribution in [2.75, 3.05) is 37.1 Å². The van der Waals surface area contributed by atoms with Gasteiger partial charge in [0.25, 0.3) is 5.82 Å². The van der Waals surface area contributed by atoms with Gasteiger partial charge in [-0.05, 0) is 4.92 Å². The molecule has 10 nitrogen and oxygen atoms in total. The highest BCUT2D eigenvalue weighted by Gasteiger charge is 2.38. The fourth-order valence-electron chi connectivity index (χ4n) is 2.54. The molecule has 1 atom stereocenters. The van der Waals surface area contributed by atoms with Gasteiger partial charge < -0.3 is 20.5 Å². The molecule has 1 saturated heterocycles. The molecule has 1 fully saturated rings. The molecule has 0 aliphatic carbocycles. The van der Waals surface area contributed by atoms with Crippen LogP contribution < -0.4 is 9.62 Å². The minimum Gasteiger partial charge on any atom is -0.396 e. The zero-order valence-corrected chi connectivity index (χ0v) is 13.5. The van der Waals surface area contributed by atoms with Crippen LogP contribution in [0.15, 0.2) is 6.20 Å². The molecule has 23 heavy (non-hydrogen) atoms. The number of nitro groups is 1. The Kier molecular flexibility index (Phi) is 4.61. The van der Waals surface area contributed by atoms with Gasteiger partial charge in [0.1, 0.15) is 11.9 Å². The first kappa shape index (κ1) is 15.9. The van der Waals surface area contributed by atoms with E-state index in [0.29, 0.717) is 17.9 Å². The normalized spacial score (nSPS) is 16.7. The van der Waals surface area contributed by atoms with Gasteiger partial charge in [-0.1, -0.05) is 9.40 Å². The number of aromatic nitrogens is 4. The Balaban J connectivity index is 2.08. The summed E-state index contributed by atoms with van der Waals surface area (Å²) in [6.45, 7) is 3.32. The van der Waals surface area contributed by atoms with Gasteiger partial charge in [0, 0.05) is 26.1 Å². The number of nitrogens with zero attached hydrogens (tertiary/aromatic N) is 6. The third-order valence-corrected chi connectivity index (χ3v) is 5.58. The van der Waals surface area contributed by atoms with Gasteiger partial charge in [-0.3, -0.25) is 0 Å². The molecule has 2 aromatic rings. The molecule has 0 spiro atoms. The third-order valence-electron chi connectivity index (χ3n) is 3.71. The van der Waals surface area contributed by atoms with Crippen LogP contribution in [-0.4, -0.2) is 62.0 Å². The second-order valence-electron chi connectivity index (χ2n) is 5.13. The summed E-state index contributed by atoms with van der Waals surface area (Å²) in [6.07, 6.45) is 1.60. The first-order valence-electron chi connectivity index (χ1n) is 7.26. The van der Waals surface area contributed by atoms with Crippen molar-refractivity contribution in [3.05, 3.63) is 22.0 Å². The largest absolute Gasteiger partial charge is 0.396 e. The summed E-state index contributed by atoms with van der Waals surface area (Å²) in [5, 5.41) is 27.8. The van der Waals surface area contributed by atoms with E-state index >= 15 is 0 Å². The standard InChI is InChI=1S/C12H18N7O3S/c1-17-10(19(21)22)8-14-12(17)11-9(2-7-20)15-16-23(11)18-5-3-13-4-6-18/h8,13,20H,2-7H2,1H3/q+1. The first-order chi connectivity index (χ1) is 11.1. The number of rotatable bonds is 5. The molecule has 1 aliphatic heterocycles. The van der Waals surface area contributed by atoms with E-state index in [4.69, 9.17) is 0 Å². The minimum absolute atomic E-state index is 0.0525. The molecule has 0 saturated carbocycles. The highest BCUT2D eigenvalue weighted by Crippen LogP contribution is 2.36. The molecule has 1 unspecified atom stereocenters. The van der Waals surface area contributed by atoms with Crippen LogP contribution in [0.25, 0.3) is 10.7 Å². The lowest BCUT2D eigenvalue weighted by molar-refractivity contribution is -0.391. The van der Waals surface area contributed by atoms with Crippen LogP contribution in [-0.2, 0) is 13.5 Å². The summed E-state index contributed by atoms with van der Waals surface area (Å²) >= 11 is 0. The number of aliphatic hydroxyl groups excluding tert-OH is 1. The van der Waals surface area contributed by atoms with Crippen molar-refractivity contribution in [2.45, 2.75) is 6.42 Å². The lowest BCUT2D eigenvalue weighted by Gasteiger charge is -2.18. The summed E-state index contributed by atoms with van der Waals surface area (Å²) in [4.78, 5) is 15.6. The van der Waals surface area contributed by atoms with Crippen molar-refractivity contribution in [1.29, 1.82) is 0 Å². The summed E-state index contributed by atoms with van der Waals surface area (Å²) in [7, 11) is 0.983. The Morgan fingerprint density at radius 1 is 1.48 bits per heavy atom. The second kappa shape index (κ2) is 6.66. The maximum absolute atomic E-state index is 11.1. The van der Waals surface area contributed by atoms with E-state index in [1.165, 1.54) is 10.8 Å². The van der Waals surface area contributed by atoms with Crippen molar-refractivity contribution in [1.82, 2.24) is 24.5 Å². The number of hydrogen-bond donors (Lipinski definition) is 2. The third kappa shape index (κ3) is 2.95. The van der Waals surface area contributed by atoms with Crippen LogP contribution in [0.1, 0.15) is 5.69 Å². The highest BCUT2D eigenvalue weighted by molar-refractivity contribution is 7.31. The summed E-state index contributed by atoms with van der Waals surface area (Å²) in [5.41, 5.74) is 0.651. The van der Waals surface area contributed by atoms with Gasteiger partial charge in [0.15, 0.2) is 0 Å². The molecule has 0 aromatic carbocycles. The van der Waals surface area contributed by atoms with Crippen LogP contribution in [0.5, 0.6) is 0 Å². The Labute approximate surface area is 135 Å². The summed E-state index contributed by atoms with van der Waals surface area (Å²) < 4.78 is 8.00. The second-order valence-corrected chi connectivity index (χ2v) is 6.75. The molecule has 124 valence electrons. The molecule has 2 aromatic heterocycles. The molecule has 0 amide bonds. The predicted octanol–water partition coefficient (Wildman–Crippen LogP) is -0.390. The molecular weight excluding hydrogens is 322 g/mol. The summed E-state index contributed by atoms with van der Waals surface area (Å²) in [5.74, 6) is 0.415. The van der Waals surface area contributed by atoms with E-state index in [0.717, 1.165) is 31.1 Å². The Morgan fingerprint density at radius 2 is 2.22 bits per heavy atom. The molecule has 3 rings (SSSR count). The van der Waals surface area contributed by atoms with Gasteiger partial charge in [0.2, 0.25) is 10.9 Å². The van der Waals surface area contributed by atoms with Crippen molar-refractivity contribution in [2.24, 2.45) is 7.05 Å². The lowest BCUT2D eigenvalue weighted by atomic mass is 10.3. The number of hydrogen-bond acceptors (Lipinski definition) is 8. The van der Waals surface area contributed by atoms with Crippen LogP contribution in [0.3, 0.4) is 0 Å². The van der Waals surface area contributed by atoms with Gasteiger partial charge in [-0.25, -0.2) is 9.55 Å². The molecule has 1 aliphatic rings. The smallest absolute Gasteiger partial charge is 0.343 e. The maximum Gasteiger partial charge on any atom is 0.343 e. The fourth-order valence-corrected chi connectivity index (χ4v) is 4.39.